The van der Waals surface area contributed by atoms with Crippen molar-refractivity contribution in [2.45, 2.75) is 25.4 Å². The molecule has 4 rings (SSSR count). The van der Waals surface area contributed by atoms with Crippen molar-refractivity contribution < 1.29 is 9.21 Å². The summed E-state index contributed by atoms with van der Waals surface area (Å²) in [6.07, 6.45) is 7.50. The second-order valence-electron chi connectivity index (χ2n) is 6.67. The molecule has 0 aromatic carbocycles. The van der Waals surface area contributed by atoms with Gasteiger partial charge in [0.1, 0.15) is 5.76 Å². The van der Waals surface area contributed by atoms with Crippen LogP contribution in [-0.2, 0) is 6.54 Å². The first-order chi connectivity index (χ1) is 12.3. The molecule has 2 aromatic heterocycles. The van der Waals surface area contributed by atoms with Crippen LogP contribution >= 0.6 is 11.8 Å². The number of piperidine rings is 1. The fourth-order valence-electron chi connectivity index (χ4n) is 3.67. The Kier molecular flexibility index (Phi) is 5.12. The molecule has 134 valence electrons. The first-order valence-electron chi connectivity index (χ1n) is 8.95. The van der Waals surface area contributed by atoms with E-state index in [0.29, 0.717) is 18.3 Å². The van der Waals surface area contributed by atoms with E-state index < -0.39 is 0 Å². The highest BCUT2D eigenvalue weighted by molar-refractivity contribution is 7.99. The number of carbonyl (C=O) groups excluding carboxylic acids is 1. The highest BCUT2D eigenvalue weighted by atomic mass is 32.2. The topological polar surface area (TPSA) is 54.5 Å². The maximum atomic E-state index is 12.7. The molecule has 2 aliphatic rings. The van der Waals surface area contributed by atoms with Crippen LogP contribution in [0, 0.1) is 0 Å². The van der Waals surface area contributed by atoms with Crippen molar-refractivity contribution in [1.82, 2.24) is 19.4 Å². The van der Waals surface area contributed by atoms with E-state index in [4.69, 9.17) is 4.42 Å². The van der Waals surface area contributed by atoms with E-state index >= 15 is 0 Å². The number of thioether (sulfide) groups is 1. The zero-order valence-corrected chi connectivity index (χ0v) is 15.2. The lowest BCUT2D eigenvalue weighted by Gasteiger charge is -2.39. The second-order valence-corrected chi connectivity index (χ2v) is 7.90. The zero-order valence-electron chi connectivity index (χ0n) is 14.3. The number of amides is 1. The Labute approximate surface area is 152 Å². The minimum Gasteiger partial charge on any atom is -0.454 e. The molecule has 25 heavy (non-hydrogen) atoms. The van der Waals surface area contributed by atoms with E-state index in [2.05, 4.69) is 9.88 Å². The van der Waals surface area contributed by atoms with Gasteiger partial charge in [0.2, 0.25) is 0 Å². The molecule has 0 atom stereocenters. The predicted octanol–water partition coefficient (Wildman–Crippen LogP) is 2.18. The van der Waals surface area contributed by atoms with Crippen LogP contribution in [0.2, 0.25) is 0 Å². The van der Waals surface area contributed by atoms with Crippen molar-refractivity contribution in [3.05, 3.63) is 42.4 Å². The van der Waals surface area contributed by atoms with Crippen LogP contribution in [-0.4, -0.2) is 69.0 Å². The fourth-order valence-corrected chi connectivity index (χ4v) is 4.60. The molecule has 0 bridgehead atoms. The molecule has 6 nitrogen and oxygen atoms in total. The minimum atomic E-state index is 0.0181. The smallest absolute Gasteiger partial charge is 0.289 e. The van der Waals surface area contributed by atoms with Crippen LogP contribution in [0.3, 0.4) is 0 Å². The van der Waals surface area contributed by atoms with Crippen LogP contribution in [0.5, 0.6) is 0 Å². The summed E-state index contributed by atoms with van der Waals surface area (Å²) < 4.78 is 7.69. The fraction of sp³-hybridized carbons (Fsp3) is 0.556. The van der Waals surface area contributed by atoms with Gasteiger partial charge < -0.3 is 13.9 Å². The van der Waals surface area contributed by atoms with Gasteiger partial charge in [-0.3, -0.25) is 9.69 Å². The van der Waals surface area contributed by atoms with Crippen LogP contribution in [0.4, 0.5) is 0 Å². The van der Waals surface area contributed by atoms with E-state index in [1.807, 2.05) is 33.5 Å². The van der Waals surface area contributed by atoms with Gasteiger partial charge in [-0.2, -0.15) is 11.8 Å². The summed E-state index contributed by atoms with van der Waals surface area (Å²) in [6.45, 7) is 4.63. The number of aromatic nitrogens is 2. The lowest BCUT2D eigenvalue weighted by atomic mass is 10.0. The number of carbonyl (C=O) groups is 1. The van der Waals surface area contributed by atoms with Gasteiger partial charge in [-0.05, 0) is 25.0 Å². The molecule has 1 amide bonds. The number of nitrogens with zero attached hydrogens (tertiary/aromatic N) is 4. The van der Waals surface area contributed by atoms with Gasteiger partial charge in [0.15, 0.2) is 5.76 Å². The molecule has 0 spiro atoms. The number of hydrogen-bond donors (Lipinski definition) is 0. The summed E-state index contributed by atoms with van der Waals surface area (Å²) in [6, 6.07) is 4.31. The Hall–Kier alpha value is -1.73. The van der Waals surface area contributed by atoms with Gasteiger partial charge in [-0.1, -0.05) is 0 Å². The van der Waals surface area contributed by atoms with Gasteiger partial charge >= 0.3 is 0 Å². The van der Waals surface area contributed by atoms with E-state index in [-0.39, 0.29) is 5.91 Å². The third-order valence-corrected chi connectivity index (χ3v) is 6.03. The molecule has 0 saturated carbocycles. The maximum absolute atomic E-state index is 12.7. The molecule has 2 aromatic rings. The molecule has 0 N–H and O–H groups in total. The summed E-state index contributed by atoms with van der Waals surface area (Å²) in [4.78, 5) is 21.3. The first-order valence-corrected chi connectivity index (χ1v) is 10.1. The van der Waals surface area contributed by atoms with Crippen molar-refractivity contribution in [2.24, 2.45) is 0 Å². The molecule has 4 heterocycles. The summed E-state index contributed by atoms with van der Waals surface area (Å²) >= 11 is 2.04. The van der Waals surface area contributed by atoms with Crippen molar-refractivity contribution >= 4 is 17.7 Å². The van der Waals surface area contributed by atoms with Crippen molar-refractivity contribution in [2.75, 3.05) is 37.7 Å². The van der Waals surface area contributed by atoms with Gasteiger partial charge in [-0.15, -0.1) is 0 Å². The highest BCUT2D eigenvalue weighted by Gasteiger charge is 2.29. The van der Waals surface area contributed by atoms with Gasteiger partial charge in [0.05, 0.1) is 12.9 Å². The Morgan fingerprint density at radius 3 is 2.72 bits per heavy atom. The zero-order chi connectivity index (χ0) is 17.1. The van der Waals surface area contributed by atoms with Crippen LogP contribution in [0.25, 0.3) is 0 Å². The van der Waals surface area contributed by atoms with E-state index in [0.717, 1.165) is 31.7 Å². The van der Waals surface area contributed by atoms with Crippen LogP contribution < -0.4 is 0 Å². The molecule has 0 unspecified atom stereocenters. The Bertz CT molecular complexity index is 686. The average molecular weight is 360 g/mol. The van der Waals surface area contributed by atoms with E-state index in [1.165, 1.54) is 24.6 Å². The number of hydrogen-bond acceptors (Lipinski definition) is 5. The third kappa shape index (κ3) is 3.93. The Morgan fingerprint density at radius 1 is 1.20 bits per heavy atom. The average Bonchev–Trinajstić information content (AvgIpc) is 3.35. The van der Waals surface area contributed by atoms with Crippen LogP contribution in [0.1, 0.15) is 29.2 Å². The SMILES string of the molecule is O=C(c1ccc(Cn2ccnc2)o1)N1CCC(N2CCSCC2)CC1. The molecule has 7 heteroatoms. The highest BCUT2D eigenvalue weighted by Crippen LogP contribution is 2.22. The summed E-state index contributed by atoms with van der Waals surface area (Å²) in [5, 5.41) is 0. The van der Waals surface area contributed by atoms with E-state index in [1.54, 1.807) is 18.6 Å². The molecule has 2 aliphatic heterocycles. The minimum absolute atomic E-state index is 0.0181. The Balaban J connectivity index is 1.32. The van der Waals surface area contributed by atoms with Gasteiger partial charge in [0, 0.05) is 56.1 Å². The van der Waals surface area contributed by atoms with Gasteiger partial charge in [0.25, 0.3) is 5.91 Å². The second kappa shape index (κ2) is 7.66. The summed E-state index contributed by atoms with van der Waals surface area (Å²) in [5.41, 5.74) is 0. The number of likely N-dealkylation sites (tertiary alicyclic amines) is 1. The number of imidazole rings is 1. The monoisotopic (exact) mass is 360 g/mol. The standard InChI is InChI=1S/C18H24N4O2S/c23-18(17-2-1-16(24-17)13-20-8-5-19-14-20)22-6-3-15(4-7-22)21-9-11-25-12-10-21/h1-2,5,8,14-15H,3-4,6-7,9-13H2. The van der Waals surface area contributed by atoms with Crippen molar-refractivity contribution in [3.8, 4) is 0 Å². The lowest BCUT2D eigenvalue weighted by molar-refractivity contribution is 0.0599. The summed E-state index contributed by atoms with van der Waals surface area (Å²) in [5.74, 6) is 3.73. The molecule has 0 aliphatic carbocycles. The van der Waals surface area contributed by atoms with E-state index in [9.17, 15) is 4.79 Å². The molecular weight excluding hydrogens is 336 g/mol. The number of rotatable bonds is 4. The largest absolute Gasteiger partial charge is 0.454 e. The number of furan rings is 1. The molecule has 2 fully saturated rings. The predicted molar refractivity (Wildman–Crippen MR) is 97.9 cm³/mol. The molecule has 2 saturated heterocycles. The quantitative estimate of drug-likeness (QED) is 0.836. The van der Waals surface area contributed by atoms with Crippen LogP contribution in [0.15, 0.2) is 35.3 Å². The lowest BCUT2D eigenvalue weighted by Crippen LogP contribution is -2.49. The maximum Gasteiger partial charge on any atom is 0.289 e. The van der Waals surface area contributed by atoms with Gasteiger partial charge in [-0.25, -0.2) is 4.98 Å². The van der Waals surface area contributed by atoms with Crippen molar-refractivity contribution in [3.63, 3.8) is 0 Å². The molecule has 0 radical (unpaired) electrons. The van der Waals surface area contributed by atoms with Crippen molar-refractivity contribution in [1.29, 1.82) is 0 Å². The first kappa shape index (κ1) is 16.7. The Morgan fingerprint density at radius 2 is 2.00 bits per heavy atom. The third-order valence-electron chi connectivity index (χ3n) is 5.08. The molecular formula is C18H24N4O2S. The normalized spacial score (nSPS) is 20.1. The summed E-state index contributed by atoms with van der Waals surface area (Å²) in [7, 11) is 0.